The third-order valence-corrected chi connectivity index (χ3v) is 2.21. The fraction of sp³-hybridized carbons (Fsp3) is 0.0909. The number of carbonyl (C=O) groups is 1. The molecule has 2 rings (SSSR count). The predicted octanol–water partition coefficient (Wildman–Crippen LogP) is 1.78. The molecule has 0 saturated heterocycles. The summed E-state index contributed by atoms with van der Waals surface area (Å²) in [7, 11) is 0. The Morgan fingerprint density at radius 3 is 2.87 bits per heavy atom. The second-order valence-corrected chi connectivity index (χ2v) is 3.37. The Morgan fingerprint density at radius 1 is 1.47 bits per heavy atom. The SMILES string of the molecule is Cc1cc(F)c2nccc(C(N)=O)c2c1. The molecule has 0 aliphatic heterocycles. The molecule has 0 spiro atoms. The molecule has 2 aromatic rings. The van der Waals surface area contributed by atoms with Crippen molar-refractivity contribution in [3.63, 3.8) is 0 Å². The van der Waals surface area contributed by atoms with Crippen LogP contribution in [-0.4, -0.2) is 10.9 Å². The van der Waals surface area contributed by atoms with Crippen LogP contribution in [-0.2, 0) is 0 Å². The van der Waals surface area contributed by atoms with Crippen molar-refractivity contribution in [3.05, 3.63) is 41.3 Å². The van der Waals surface area contributed by atoms with Crippen LogP contribution in [0.15, 0.2) is 24.4 Å². The zero-order chi connectivity index (χ0) is 11.0. The average molecular weight is 204 g/mol. The number of hydrogen-bond acceptors (Lipinski definition) is 2. The summed E-state index contributed by atoms with van der Waals surface area (Å²) in [6, 6.07) is 4.56. The van der Waals surface area contributed by atoms with Gasteiger partial charge in [0.1, 0.15) is 11.3 Å². The summed E-state index contributed by atoms with van der Waals surface area (Å²) in [5.74, 6) is -1.01. The van der Waals surface area contributed by atoms with E-state index in [1.165, 1.54) is 18.3 Å². The highest BCUT2D eigenvalue weighted by Gasteiger charge is 2.10. The summed E-state index contributed by atoms with van der Waals surface area (Å²) in [6.45, 7) is 1.75. The number of rotatable bonds is 1. The minimum absolute atomic E-state index is 0.178. The van der Waals surface area contributed by atoms with Gasteiger partial charge in [0.25, 0.3) is 0 Å². The van der Waals surface area contributed by atoms with Gasteiger partial charge in [-0.15, -0.1) is 0 Å². The van der Waals surface area contributed by atoms with Crippen molar-refractivity contribution < 1.29 is 9.18 Å². The Balaban J connectivity index is 2.91. The van der Waals surface area contributed by atoms with Gasteiger partial charge in [-0.05, 0) is 30.7 Å². The van der Waals surface area contributed by atoms with Gasteiger partial charge >= 0.3 is 0 Å². The number of nitrogens with zero attached hydrogens (tertiary/aromatic N) is 1. The van der Waals surface area contributed by atoms with Crippen LogP contribution in [0.25, 0.3) is 10.9 Å². The lowest BCUT2D eigenvalue weighted by Crippen LogP contribution is -2.11. The maximum absolute atomic E-state index is 13.5. The van der Waals surface area contributed by atoms with Crippen molar-refractivity contribution >= 4 is 16.8 Å². The summed E-state index contributed by atoms with van der Waals surface area (Å²) >= 11 is 0. The van der Waals surface area contributed by atoms with Crippen LogP contribution in [0.1, 0.15) is 15.9 Å². The molecule has 1 aromatic heterocycles. The van der Waals surface area contributed by atoms with Crippen molar-refractivity contribution in [3.8, 4) is 0 Å². The fourth-order valence-corrected chi connectivity index (χ4v) is 1.56. The lowest BCUT2D eigenvalue weighted by atomic mass is 10.1. The van der Waals surface area contributed by atoms with Gasteiger partial charge < -0.3 is 5.73 Å². The number of pyridine rings is 1. The molecule has 0 unspecified atom stereocenters. The number of halogens is 1. The molecule has 0 bridgehead atoms. The van der Waals surface area contributed by atoms with Gasteiger partial charge in [0.05, 0.1) is 5.56 Å². The number of carbonyl (C=O) groups excluding carboxylic acids is 1. The van der Waals surface area contributed by atoms with E-state index in [9.17, 15) is 9.18 Å². The van der Waals surface area contributed by atoms with Gasteiger partial charge in [-0.25, -0.2) is 4.39 Å². The molecular weight excluding hydrogens is 195 g/mol. The Morgan fingerprint density at radius 2 is 2.20 bits per heavy atom. The molecule has 0 aliphatic rings. The number of amides is 1. The first-order chi connectivity index (χ1) is 7.09. The van der Waals surface area contributed by atoms with E-state index in [0.29, 0.717) is 10.9 Å². The molecule has 2 N–H and O–H groups in total. The molecule has 0 fully saturated rings. The first-order valence-corrected chi connectivity index (χ1v) is 4.44. The minimum Gasteiger partial charge on any atom is -0.366 e. The van der Waals surface area contributed by atoms with Crippen LogP contribution in [0.2, 0.25) is 0 Å². The van der Waals surface area contributed by atoms with Gasteiger partial charge in [-0.1, -0.05) is 0 Å². The maximum atomic E-state index is 13.5. The lowest BCUT2D eigenvalue weighted by molar-refractivity contribution is 0.100. The molecule has 1 aromatic carbocycles. The topological polar surface area (TPSA) is 56.0 Å². The minimum atomic E-state index is -0.576. The van der Waals surface area contributed by atoms with Crippen molar-refractivity contribution in [2.24, 2.45) is 5.73 Å². The molecule has 0 atom stereocenters. The van der Waals surface area contributed by atoms with Gasteiger partial charge in [0.2, 0.25) is 5.91 Å². The van der Waals surface area contributed by atoms with Crippen LogP contribution in [0.3, 0.4) is 0 Å². The van der Waals surface area contributed by atoms with E-state index in [-0.39, 0.29) is 5.52 Å². The van der Waals surface area contributed by atoms with E-state index in [1.54, 1.807) is 13.0 Å². The molecule has 4 heteroatoms. The monoisotopic (exact) mass is 204 g/mol. The number of nitrogens with two attached hydrogens (primary N) is 1. The quantitative estimate of drug-likeness (QED) is 0.769. The summed E-state index contributed by atoms with van der Waals surface area (Å²) < 4.78 is 13.5. The third-order valence-electron chi connectivity index (χ3n) is 2.21. The predicted molar refractivity (Wildman–Crippen MR) is 55.0 cm³/mol. The lowest BCUT2D eigenvalue weighted by Gasteiger charge is -2.04. The second kappa shape index (κ2) is 3.31. The summed E-state index contributed by atoms with van der Waals surface area (Å²) in [5, 5.41) is 0.461. The second-order valence-electron chi connectivity index (χ2n) is 3.37. The van der Waals surface area contributed by atoms with E-state index in [1.807, 2.05) is 0 Å². The van der Waals surface area contributed by atoms with E-state index in [4.69, 9.17) is 5.73 Å². The number of benzene rings is 1. The molecule has 0 aliphatic carbocycles. The smallest absolute Gasteiger partial charge is 0.249 e. The summed E-state index contributed by atoms with van der Waals surface area (Å²) in [6.07, 6.45) is 1.38. The van der Waals surface area contributed by atoms with Crippen LogP contribution >= 0.6 is 0 Å². The van der Waals surface area contributed by atoms with Crippen molar-refractivity contribution in [1.29, 1.82) is 0 Å². The van der Waals surface area contributed by atoms with Crippen molar-refractivity contribution in [2.75, 3.05) is 0 Å². The van der Waals surface area contributed by atoms with E-state index < -0.39 is 11.7 Å². The molecule has 0 saturated carbocycles. The number of aromatic nitrogens is 1. The van der Waals surface area contributed by atoms with Crippen LogP contribution in [0.4, 0.5) is 4.39 Å². The average Bonchev–Trinajstić information content (AvgIpc) is 2.16. The van der Waals surface area contributed by atoms with E-state index >= 15 is 0 Å². The first-order valence-electron chi connectivity index (χ1n) is 4.44. The first kappa shape index (κ1) is 9.58. The van der Waals surface area contributed by atoms with Gasteiger partial charge in [0, 0.05) is 11.6 Å². The Kier molecular flexibility index (Phi) is 2.11. The van der Waals surface area contributed by atoms with Crippen molar-refractivity contribution in [2.45, 2.75) is 6.92 Å². The molecular formula is C11H9FN2O. The van der Waals surface area contributed by atoms with Gasteiger partial charge in [-0.3, -0.25) is 9.78 Å². The Bertz CT molecular complexity index is 552. The standard InChI is InChI=1S/C11H9FN2O/c1-6-4-8-7(11(13)15)2-3-14-10(8)9(12)5-6/h2-5H,1H3,(H2,13,15). The number of aryl methyl sites for hydroxylation is 1. The highest BCUT2D eigenvalue weighted by Crippen LogP contribution is 2.20. The van der Waals surface area contributed by atoms with Crippen molar-refractivity contribution in [1.82, 2.24) is 4.98 Å². The largest absolute Gasteiger partial charge is 0.366 e. The van der Waals surface area contributed by atoms with E-state index in [0.717, 1.165) is 5.56 Å². The van der Waals surface area contributed by atoms with E-state index in [2.05, 4.69) is 4.98 Å². The molecule has 15 heavy (non-hydrogen) atoms. The number of primary amides is 1. The summed E-state index contributed by atoms with van der Waals surface area (Å²) in [5.41, 5.74) is 6.39. The van der Waals surface area contributed by atoms with Crippen LogP contribution in [0.5, 0.6) is 0 Å². The number of hydrogen-bond donors (Lipinski definition) is 1. The maximum Gasteiger partial charge on any atom is 0.249 e. The molecule has 0 radical (unpaired) electrons. The zero-order valence-electron chi connectivity index (χ0n) is 8.12. The van der Waals surface area contributed by atoms with Crippen LogP contribution < -0.4 is 5.73 Å². The highest BCUT2D eigenvalue weighted by molar-refractivity contribution is 6.05. The summed E-state index contributed by atoms with van der Waals surface area (Å²) in [4.78, 5) is 15.0. The van der Waals surface area contributed by atoms with Crippen LogP contribution in [0, 0.1) is 12.7 Å². The van der Waals surface area contributed by atoms with Gasteiger partial charge in [-0.2, -0.15) is 0 Å². The molecule has 1 amide bonds. The third kappa shape index (κ3) is 1.54. The highest BCUT2D eigenvalue weighted by atomic mass is 19.1. The Labute approximate surface area is 85.7 Å². The fourth-order valence-electron chi connectivity index (χ4n) is 1.56. The number of fused-ring (bicyclic) bond motifs is 1. The Hall–Kier alpha value is -1.97. The zero-order valence-corrected chi connectivity index (χ0v) is 8.12. The molecule has 1 heterocycles. The molecule has 3 nitrogen and oxygen atoms in total. The normalized spacial score (nSPS) is 10.5. The van der Waals surface area contributed by atoms with Gasteiger partial charge in [0.15, 0.2) is 0 Å². The molecule has 76 valence electrons.